The van der Waals surface area contributed by atoms with E-state index < -0.39 is 0 Å². The molecule has 112 valence electrons. The van der Waals surface area contributed by atoms with Crippen molar-refractivity contribution in [2.75, 3.05) is 31.5 Å². The molecule has 4 heteroatoms. The fourth-order valence-electron chi connectivity index (χ4n) is 2.91. The number of anilines is 1. The van der Waals surface area contributed by atoms with Gasteiger partial charge in [0.2, 0.25) is 0 Å². The van der Waals surface area contributed by atoms with Gasteiger partial charge in [0.1, 0.15) is 11.6 Å². The summed E-state index contributed by atoms with van der Waals surface area (Å²) >= 11 is 0. The summed E-state index contributed by atoms with van der Waals surface area (Å²) in [6.07, 6.45) is 2.26. The van der Waals surface area contributed by atoms with Gasteiger partial charge in [-0.3, -0.25) is 0 Å². The molecule has 1 saturated heterocycles. The Kier molecular flexibility index (Phi) is 5.35. The highest BCUT2D eigenvalue weighted by Crippen LogP contribution is 2.18. The molecule has 0 radical (unpaired) electrons. The highest BCUT2D eigenvalue weighted by atomic mass is 15.2. The van der Waals surface area contributed by atoms with Crippen LogP contribution in [0.25, 0.3) is 0 Å². The van der Waals surface area contributed by atoms with Crippen LogP contribution in [0, 0.1) is 18.8 Å². The summed E-state index contributed by atoms with van der Waals surface area (Å²) in [7, 11) is 0. The van der Waals surface area contributed by atoms with Gasteiger partial charge in [-0.25, -0.2) is 9.97 Å². The number of aromatic nitrogens is 2. The van der Waals surface area contributed by atoms with Crippen LogP contribution in [0.2, 0.25) is 0 Å². The maximum absolute atomic E-state index is 4.47. The number of rotatable bonds is 6. The van der Waals surface area contributed by atoms with Gasteiger partial charge in [-0.1, -0.05) is 20.8 Å². The molecule has 2 heterocycles. The summed E-state index contributed by atoms with van der Waals surface area (Å²) in [4.78, 5) is 11.5. The number of hydrogen-bond acceptors (Lipinski definition) is 4. The van der Waals surface area contributed by atoms with Crippen LogP contribution in [0.1, 0.15) is 38.7 Å². The molecule has 1 atom stereocenters. The number of aryl methyl sites for hydroxylation is 2. The zero-order valence-corrected chi connectivity index (χ0v) is 13.3. The smallest absolute Gasteiger partial charge is 0.129 e. The molecule has 4 nitrogen and oxygen atoms in total. The normalized spacial score (nSPS) is 19.8. The van der Waals surface area contributed by atoms with Crippen molar-refractivity contribution in [2.24, 2.45) is 11.8 Å². The number of hydrogen-bond donors (Lipinski definition) is 1. The van der Waals surface area contributed by atoms with E-state index in [0.717, 1.165) is 42.1 Å². The second-order valence-electron chi connectivity index (χ2n) is 6.33. The lowest BCUT2D eigenvalue weighted by Crippen LogP contribution is -2.26. The number of likely N-dealkylation sites (tertiary alicyclic amines) is 1. The van der Waals surface area contributed by atoms with E-state index in [9.17, 15) is 0 Å². The molecule has 1 aromatic rings. The van der Waals surface area contributed by atoms with Gasteiger partial charge in [0.15, 0.2) is 0 Å². The van der Waals surface area contributed by atoms with Gasteiger partial charge in [0.05, 0.1) is 0 Å². The lowest BCUT2D eigenvalue weighted by Gasteiger charge is -2.18. The second kappa shape index (κ2) is 7.02. The predicted molar refractivity (Wildman–Crippen MR) is 84.0 cm³/mol. The summed E-state index contributed by atoms with van der Waals surface area (Å²) < 4.78 is 0. The second-order valence-corrected chi connectivity index (χ2v) is 6.33. The average Bonchev–Trinajstić information content (AvgIpc) is 2.82. The fourth-order valence-corrected chi connectivity index (χ4v) is 2.91. The van der Waals surface area contributed by atoms with Crippen molar-refractivity contribution in [2.45, 2.75) is 40.5 Å². The standard InChI is InChI=1S/C16H28N4/c1-5-15-8-16(19-13(4)18-15)17-9-14-6-7-20(11-14)10-12(2)3/h8,12,14H,5-7,9-11H2,1-4H3,(H,17,18,19). The minimum absolute atomic E-state index is 0.745. The Bertz CT molecular complexity index is 430. The zero-order chi connectivity index (χ0) is 14.5. The SMILES string of the molecule is CCc1cc(NCC2CCN(CC(C)C)C2)nc(C)n1. The summed E-state index contributed by atoms with van der Waals surface area (Å²) in [5, 5.41) is 3.50. The highest BCUT2D eigenvalue weighted by Gasteiger charge is 2.22. The summed E-state index contributed by atoms with van der Waals surface area (Å²) in [6.45, 7) is 13.4. The molecule has 20 heavy (non-hydrogen) atoms. The van der Waals surface area contributed by atoms with Crippen molar-refractivity contribution in [3.63, 3.8) is 0 Å². The van der Waals surface area contributed by atoms with E-state index in [2.05, 4.69) is 47.0 Å². The highest BCUT2D eigenvalue weighted by molar-refractivity contribution is 5.36. The average molecular weight is 276 g/mol. The van der Waals surface area contributed by atoms with Crippen LogP contribution in [0.4, 0.5) is 5.82 Å². The first kappa shape index (κ1) is 15.2. The van der Waals surface area contributed by atoms with Crippen molar-refractivity contribution in [1.29, 1.82) is 0 Å². The Morgan fingerprint density at radius 1 is 1.40 bits per heavy atom. The van der Waals surface area contributed by atoms with E-state index in [1.165, 1.54) is 26.1 Å². The lowest BCUT2D eigenvalue weighted by molar-refractivity contribution is 0.289. The van der Waals surface area contributed by atoms with Gasteiger partial charge in [0.25, 0.3) is 0 Å². The predicted octanol–water partition coefficient (Wildman–Crippen LogP) is 2.74. The largest absolute Gasteiger partial charge is 0.370 e. The third-order valence-corrected chi connectivity index (χ3v) is 3.82. The molecule has 0 amide bonds. The molecule has 1 fully saturated rings. The van der Waals surface area contributed by atoms with Crippen molar-refractivity contribution in [1.82, 2.24) is 14.9 Å². The molecule has 0 aromatic carbocycles. The first-order valence-corrected chi connectivity index (χ1v) is 7.87. The number of nitrogens with one attached hydrogen (secondary N) is 1. The lowest BCUT2D eigenvalue weighted by atomic mass is 10.1. The molecule has 0 spiro atoms. The van der Waals surface area contributed by atoms with E-state index >= 15 is 0 Å². The van der Waals surface area contributed by atoms with Gasteiger partial charge in [0, 0.05) is 31.4 Å². The van der Waals surface area contributed by atoms with Crippen molar-refractivity contribution < 1.29 is 0 Å². The maximum Gasteiger partial charge on any atom is 0.129 e. The van der Waals surface area contributed by atoms with Gasteiger partial charge >= 0.3 is 0 Å². The Balaban J connectivity index is 1.82. The van der Waals surface area contributed by atoms with Gasteiger partial charge in [-0.15, -0.1) is 0 Å². The van der Waals surface area contributed by atoms with Gasteiger partial charge in [-0.2, -0.15) is 0 Å². The first-order valence-electron chi connectivity index (χ1n) is 7.87. The Labute approximate surface area is 123 Å². The topological polar surface area (TPSA) is 41.0 Å². The molecular formula is C16H28N4. The van der Waals surface area contributed by atoms with Crippen LogP contribution in [-0.2, 0) is 6.42 Å². The minimum atomic E-state index is 0.745. The van der Waals surface area contributed by atoms with E-state index in [4.69, 9.17) is 0 Å². The van der Waals surface area contributed by atoms with Crippen molar-refractivity contribution in [3.05, 3.63) is 17.6 Å². The summed E-state index contributed by atoms with van der Waals surface area (Å²) in [5.41, 5.74) is 1.12. The van der Waals surface area contributed by atoms with Crippen LogP contribution in [0.15, 0.2) is 6.07 Å². The third kappa shape index (κ3) is 4.44. The Morgan fingerprint density at radius 3 is 2.90 bits per heavy atom. The van der Waals surface area contributed by atoms with Crippen molar-refractivity contribution in [3.8, 4) is 0 Å². The molecule has 0 aliphatic carbocycles. The summed E-state index contributed by atoms with van der Waals surface area (Å²) in [5.74, 6) is 3.35. The van der Waals surface area contributed by atoms with Gasteiger partial charge < -0.3 is 10.2 Å². The summed E-state index contributed by atoms with van der Waals surface area (Å²) in [6, 6.07) is 2.08. The van der Waals surface area contributed by atoms with E-state index in [1.807, 2.05) is 6.92 Å². The molecular weight excluding hydrogens is 248 g/mol. The zero-order valence-electron chi connectivity index (χ0n) is 13.3. The van der Waals surface area contributed by atoms with Crippen LogP contribution in [0.3, 0.4) is 0 Å². The van der Waals surface area contributed by atoms with Crippen LogP contribution >= 0.6 is 0 Å². The molecule has 1 aliphatic rings. The Morgan fingerprint density at radius 2 is 2.20 bits per heavy atom. The monoisotopic (exact) mass is 276 g/mol. The van der Waals surface area contributed by atoms with E-state index in [1.54, 1.807) is 0 Å². The Hall–Kier alpha value is -1.16. The fraction of sp³-hybridized carbons (Fsp3) is 0.750. The molecule has 2 rings (SSSR count). The van der Waals surface area contributed by atoms with Crippen LogP contribution in [-0.4, -0.2) is 41.0 Å². The van der Waals surface area contributed by atoms with E-state index in [-0.39, 0.29) is 0 Å². The van der Waals surface area contributed by atoms with Crippen LogP contribution in [0.5, 0.6) is 0 Å². The number of nitrogens with zero attached hydrogens (tertiary/aromatic N) is 3. The van der Waals surface area contributed by atoms with Gasteiger partial charge in [-0.05, 0) is 38.1 Å². The van der Waals surface area contributed by atoms with E-state index in [0.29, 0.717) is 0 Å². The molecule has 1 aromatic heterocycles. The molecule has 1 N–H and O–H groups in total. The van der Waals surface area contributed by atoms with Crippen molar-refractivity contribution >= 4 is 5.82 Å². The first-order chi connectivity index (χ1) is 9.56. The quantitative estimate of drug-likeness (QED) is 0.867. The third-order valence-electron chi connectivity index (χ3n) is 3.82. The minimum Gasteiger partial charge on any atom is -0.370 e. The molecule has 1 aliphatic heterocycles. The molecule has 0 saturated carbocycles. The molecule has 0 bridgehead atoms. The maximum atomic E-state index is 4.47. The molecule has 1 unspecified atom stereocenters. The van der Waals surface area contributed by atoms with Crippen LogP contribution < -0.4 is 5.32 Å².